The quantitative estimate of drug-likeness (QED) is 0.00876. The summed E-state index contributed by atoms with van der Waals surface area (Å²) in [6.45, 7) is 1.79. The third kappa shape index (κ3) is 14.3. The lowest BCUT2D eigenvalue weighted by molar-refractivity contribution is -0.170. The van der Waals surface area contributed by atoms with Gasteiger partial charge in [0.15, 0.2) is 26.7 Å². The van der Waals surface area contributed by atoms with Crippen LogP contribution in [0, 0.1) is 6.92 Å². The zero-order chi connectivity index (χ0) is 65.8. The molecule has 21 heteroatoms. The molecule has 0 spiro atoms. The minimum atomic E-state index is -1.55. The normalized spacial score (nSPS) is 14.9. The van der Waals surface area contributed by atoms with Crippen molar-refractivity contribution in [2.75, 3.05) is 23.9 Å². The van der Waals surface area contributed by atoms with E-state index in [0.29, 0.717) is 37.9 Å². The molecule has 11 aromatic rings. The van der Waals surface area contributed by atoms with Gasteiger partial charge in [-0.1, -0.05) is 253 Å². The summed E-state index contributed by atoms with van der Waals surface area (Å²) in [5.74, 6) is -1.01. The summed E-state index contributed by atoms with van der Waals surface area (Å²) in [5.41, 5.74) is 6.17. The van der Waals surface area contributed by atoms with E-state index in [2.05, 4.69) is 20.8 Å². The number of β-lactam (4-membered cyclic amide) rings is 1. The van der Waals surface area contributed by atoms with Crippen LogP contribution in [0.1, 0.15) is 79.4 Å². The van der Waals surface area contributed by atoms with Crippen LogP contribution < -0.4 is 20.1 Å². The van der Waals surface area contributed by atoms with Crippen LogP contribution in [0.15, 0.2) is 275 Å². The second kappa shape index (κ2) is 29.9. The topological polar surface area (TPSA) is 209 Å². The van der Waals surface area contributed by atoms with Crippen LogP contribution in [0.25, 0.3) is 0 Å². The summed E-state index contributed by atoms with van der Waals surface area (Å²) in [6, 6.07) is 75.8. The number of hydrogen-bond donors (Lipinski definition) is 3. The number of nitrogens with one attached hydrogen (secondary N) is 2. The first-order valence-corrected chi connectivity index (χ1v) is 34.4. The summed E-state index contributed by atoms with van der Waals surface area (Å²) < 4.78 is 25.6. The number of aromatic nitrogens is 4. The molecular weight excluding hydrogens is 1290 g/mol. The van der Waals surface area contributed by atoms with E-state index >= 15 is 4.79 Å². The van der Waals surface area contributed by atoms with Gasteiger partial charge in [-0.15, -0.1) is 33.3 Å². The maximum atomic E-state index is 15.6. The van der Waals surface area contributed by atoms with E-state index in [1.54, 1.807) is 36.8 Å². The molecule has 96 heavy (non-hydrogen) atoms. The Morgan fingerprint density at radius 3 is 1.78 bits per heavy atom. The van der Waals surface area contributed by atoms with Crippen molar-refractivity contribution in [1.29, 1.82) is 0 Å². The Morgan fingerprint density at radius 1 is 0.719 bits per heavy atom. The number of ether oxygens (including phenoxy) is 4. The first kappa shape index (κ1) is 64.3. The first-order chi connectivity index (χ1) is 47.1. The number of pyridine rings is 1. The molecule has 17 nitrogen and oxygen atoms in total. The van der Waals surface area contributed by atoms with Gasteiger partial charge in [0, 0.05) is 23.0 Å². The number of carbonyl (C=O) groups excluding carboxylic acids is 3. The number of aromatic hydroxyl groups is 1. The molecule has 1 saturated heterocycles. The number of thiazole rings is 1. The van der Waals surface area contributed by atoms with E-state index in [4.69, 9.17) is 38.9 Å². The van der Waals surface area contributed by atoms with Gasteiger partial charge in [-0.25, -0.2) is 9.78 Å². The lowest BCUT2D eigenvalue weighted by Gasteiger charge is -2.49. The molecule has 2 aliphatic heterocycles. The maximum absolute atomic E-state index is 15.6. The van der Waals surface area contributed by atoms with Crippen molar-refractivity contribution in [3.05, 3.63) is 326 Å². The number of rotatable bonds is 26. The fourth-order valence-electron chi connectivity index (χ4n) is 11.4. The molecule has 3 N–H and O–H groups in total. The number of amides is 2. The molecule has 3 aromatic heterocycles. The summed E-state index contributed by atoms with van der Waals surface area (Å²) in [7, 11) is 1.57. The van der Waals surface area contributed by atoms with Gasteiger partial charge in [0.25, 0.3) is 18.1 Å². The number of thioether (sulfide) groups is 2. The number of aryl methyl sites for hydroxylation is 1. The zero-order valence-electron chi connectivity index (χ0n) is 51.8. The summed E-state index contributed by atoms with van der Waals surface area (Å²) >= 11 is 5.47. The van der Waals surface area contributed by atoms with E-state index in [9.17, 15) is 14.7 Å². The Labute approximate surface area is 570 Å². The van der Waals surface area contributed by atoms with Gasteiger partial charge in [-0.05, 0) is 69.1 Å². The highest BCUT2D eigenvalue weighted by atomic mass is 32.2. The largest absolute Gasteiger partial charge is 0.504 e. The zero-order valence-corrected chi connectivity index (χ0v) is 55.1. The summed E-state index contributed by atoms with van der Waals surface area (Å²) in [6.07, 6.45) is -1.61. The Balaban J connectivity index is 0.880. The van der Waals surface area contributed by atoms with Gasteiger partial charge in [-0.3, -0.25) is 19.5 Å². The SMILES string of the molecule is COc1ccc(COC(=O)C2=C(CSc3nnc(C)s3)CS[C@@H]3[C@H](NC(=O)C(=NOC(OC(c4ccccc4)c4ccccc4)c4cc(O)c(OC(c5ccccc5)c5ccccc5)cn4)c4csc(NC(c5ccccc5)(c5ccccc5)c5ccccc5)n4)C(=O)N23)cc1. The Bertz CT molecular complexity index is 4350. The monoisotopic (exact) mass is 1350 g/mol. The van der Waals surface area contributed by atoms with E-state index in [0.717, 1.165) is 44.0 Å². The van der Waals surface area contributed by atoms with Gasteiger partial charge in [0.05, 0.1) is 13.3 Å². The Kier molecular flexibility index (Phi) is 20.0. The van der Waals surface area contributed by atoms with E-state index in [1.165, 1.54) is 63.4 Å². The molecule has 2 aliphatic rings. The number of oxime groups is 1. The number of hydrogen-bond acceptors (Lipinski definition) is 19. The van der Waals surface area contributed by atoms with Crippen molar-refractivity contribution in [3.63, 3.8) is 0 Å². The van der Waals surface area contributed by atoms with Crippen molar-refractivity contribution >= 4 is 74.8 Å². The van der Waals surface area contributed by atoms with Crippen LogP contribution in [0.2, 0.25) is 0 Å². The minimum Gasteiger partial charge on any atom is -0.504 e. The van der Waals surface area contributed by atoms with Gasteiger partial charge in [0.1, 0.15) is 63.6 Å². The van der Waals surface area contributed by atoms with Crippen molar-refractivity contribution in [3.8, 4) is 17.2 Å². The molecule has 13 rings (SSSR count). The molecule has 0 saturated carbocycles. The number of fused-ring (bicyclic) bond motifs is 1. The van der Waals surface area contributed by atoms with E-state index in [-0.39, 0.29) is 40.9 Å². The van der Waals surface area contributed by atoms with Crippen molar-refractivity contribution in [2.24, 2.45) is 5.16 Å². The first-order valence-electron chi connectivity index (χ1n) is 30.7. The lowest BCUT2D eigenvalue weighted by atomic mass is 9.77. The molecular formula is C75H62N8O9S4. The smallest absolute Gasteiger partial charge is 0.355 e. The average molecular weight is 1350 g/mol. The van der Waals surface area contributed by atoms with Crippen LogP contribution in [-0.2, 0) is 40.8 Å². The number of benzene rings is 8. The molecule has 1 unspecified atom stereocenters. The van der Waals surface area contributed by atoms with Gasteiger partial charge in [-0.2, -0.15) is 0 Å². The molecule has 1 fully saturated rings. The average Bonchev–Trinajstić information content (AvgIpc) is 0.813. The number of esters is 1. The second-order valence-corrected chi connectivity index (χ2v) is 26.6. The number of carbonyl (C=O) groups is 3. The molecule has 0 aliphatic carbocycles. The molecule has 8 aromatic carbocycles. The van der Waals surface area contributed by atoms with Crippen LogP contribution in [-0.4, -0.2) is 83.7 Å². The standard InChI is InChI=1S/C75H62N8O9S4/c1-48-80-81-74(96-48)95-46-54-45-93-70-64(69(86)83(70)65(54)71(87)89-44-49-38-40-58(88-2)41-39-49)78-68(85)63(60-47-94-73(77-60)79-75(55-32-18-7-19-33-55,56-34-20-8-21-35-56)57-36-22-9-23-37-57)82-92-72(91-67(52-28-14-5-15-29-52)53-30-16-6-17-31-53)59-42-61(84)62(43-76-59)90-66(50-24-10-3-11-25-50)51-26-12-4-13-27-51/h3-43,47,64,66-67,70,72H,44-46H2,1-2H3,(H,76,84)(H,77,79)(H,78,85)/t64-,70-,72?/m1/s1. The third-order valence-corrected chi connectivity index (χ3v) is 20.2. The van der Waals surface area contributed by atoms with E-state index < -0.39 is 53.2 Å². The fourth-order valence-corrected chi connectivity index (χ4v) is 15.4. The number of methoxy groups -OCH3 is 1. The second-order valence-electron chi connectivity index (χ2n) is 22.2. The Morgan fingerprint density at radius 2 is 1.26 bits per heavy atom. The van der Waals surface area contributed by atoms with Gasteiger partial charge >= 0.3 is 5.97 Å². The molecule has 480 valence electrons. The minimum absolute atomic E-state index is 0.0621. The van der Waals surface area contributed by atoms with Crippen molar-refractivity contribution in [1.82, 2.24) is 30.4 Å². The van der Waals surface area contributed by atoms with Gasteiger partial charge < -0.3 is 39.5 Å². The predicted octanol–water partition coefficient (Wildman–Crippen LogP) is 14.4. The molecule has 2 amide bonds. The maximum Gasteiger partial charge on any atom is 0.355 e. The number of anilines is 1. The molecule has 0 bridgehead atoms. The van der Waals surface area contributed by atoms with Crippen molar-refractivity contribution < 1.29 is 43.3 Å². The Hall–Kier alpha value is -10.4. The number of nitrogens with zero attached hydrogens (tertiary/aromatic N) is 6. The van der Waals surface area contributed by atoms with Crippen molar-refractivity contribution in [2.45, 2.75) is 53.3 Å². The third-order valence-electron chi connectivity index (χ3n) is 16.1. The highest BCUT2D eigenvalue weighted by molar-refractivity contribution is 8.01. The lowest BCUT2D eigenvalue weighted by Crippen LogP contribution is -2.71. The highest BCUT2D eigenvalue weighted by Gasteiger charge is 2.55. The van der Waals surface area contributed by atoms with Crippen LogP contribution in [0.5, 0.6) is 17.2 Å². The molecule has 3 atom stereocenters. The van der Waals surface area contributed by atoms with Gasteiger partial charge in [0.2, 0.25) is 0 Å². The van der Waals surface area contributed by atoms with Crippen LogP contribution in [0.3, 0.4) is 0 Å². The fraction of sp³-hybridized carbons (Fsp3) is 0.147. The summed E-state index contributed by atoms with van der Waals surface area (Å²) in [5, 5.41) is 34.1. The highest BCUT2D eigenvalue weighted by Crippen LogP contribution is 2.45. The predicted molar refractivity (Wildman–Crippen MR) is 373 cm³/mol. The molecule has 5 heterocycles. The molecule has 0 radical (unpaired) electrons. The van der Waals surface area contributed by atoms with E-state index in [1.807, 2.05) is 219 Å². The van der Waals surface area contributed by atoms with Crippen LogP contribution >= 0.6 is 46.2 Å². The van der Waals surface area contributed by atoms with Crippen LogP contribution in [0.4, 0.5) is 5.13 Å². The summed E-state index contributed by atoms with van der Waals surface area (Å²) in [4.78, 5) is 63.0.